The fourth-order valence-corrected chi connectivity index (χ4v) is 7.21. The van der Waals surface area contributed by atoms with Crippen LogP contribution in [0.3, 0.4) is 0 Å². The van der Waals surface area contributed by atoms with Gasteiger partial charge in [-0.25, -0.2) is 8.42 Å². The second-order valence-corrected chi connectivity index (χ2v) is 14.2. The van der Waals surface area contributed by atoms with E-state index in [1.165, 1.54) is 6.07 Å². The summed E-state index contributed by atoms with van der Waals surface area (Å²) >= 11 is 6.74. The molecule has 2 aliphatic rings. The highest BCUT2D eigenvalue weighted by molar-refractivity contribution is 7.90. The van der Waals surface area contributed by atoms with Crippen molar-refractivity contribution < 1.29 is 23.1 Å². The molecular formula is C34H34ClN3O5S. The van der Waals surface area contributed by atoms with Gasteiger partial charge in [0, 0.05) is 36.6 Å². The summed E-state index contributed by atoms with van der Waals surface area (Å²) < 4.78 is 24.2. The number of aliphatic hydroxyl groups is 1. The Bertz CT molecular complexity index is 1940. The third-order valence-corrected chi connectivity index (χ3v) is 10.2. The lowest BCUT2D eigenvalue weighted by Gasteiger charge is -2.31. The van der Waals surface area contributed by atoms with E-state index >= 15 is 0 Å². The number of hydrogen-bond acceptors (Lipinski definition) is 5. The summed E-state index contributed by atoms with van der Waals surface area (Å²) in [6.07, 6.45) is 6.28. The Kier molecular flexibility index (Phi) is 8.02. The highest BCUT2D eigenvalue weighted by atomic mass is 35.5. The molecule has 1 aliphatic heterocycles. The van der Waals surface area contributed by atoms with Gasteiger partial charge >= 0.3 is 0 Å². The minimum Gasteiger partial charge on any atom is -0.510 e. The number of halogens is 1. The van der Waals surface area contributed by atoms with Crippen molar-refractivity contribution in [2.45, 2.75) is 56.5 Å². The zero-order chi connectivity index (χ0) is 31.2. The minimum absolute atomic E-state index is 0.0648. The van der Waals surface area contributed by atoms with E-state index in [-0.39, 0.29) is 28.0 Å². The Hall–Kier alpha value is -4.08. The molecule has 3 aromatic carbocycles. The van der Waals surface area contributed by atoms with Crippen LogP contribution in [-0.2, 0) is 29.2 Å². The van der Waals surface area contributed by atoms with Gasteiger partial charge in [-0.1, -0.05) is 29.8 Å². The fraction of sp³-hybridized carbons (Fsp3) is 0.294. The van der Waals surface area contributed by atoms with Crippen molar-refractivity contribution in [3.63, 3.8) is 0 Å². The Labute approximate surface area is 261 Å². The first kappa shape index (κ1) is 30.0. The van der Waals surface area contributed by atoms with E-state index in [4.69, 9.17) is 11.6 Å². The summed E-state index contributed by atoms with van der Waals surface area (Å²) in [7, 11) is -3.41. The van der Waals surface area contributed by atoms with Crippen LogP contribution in [0.25, 0.3) is 10.9 Å². The van der Waals surface area contributed by atoms with Crippen LogP contribution in [0.2, 0.25) is 5.02 Å². The minimum atomic E-state index is -3.41. The molecule has 0 bridgehead atoms. The van der Waals surface area contributed by atoms with Gasteiger partial charge < -0.3 is 20.3 Å². The highest BCUT2D eigenvalue weighted by Gasteiger charge is 2.29. The van der Waals surface area contributed by atoms with Crippen LogP contribution in [0.5, 0.6) is 0 Å². The van der Waals surface area contributed by atoms with E-state index in [1.807, 2.05) is 37.4 Å². The van der Waals surface area contributed by atoms with Crippen LogP contribution in [-0.4, -0.2) is 54.1 Å². The van der Waals surface area contributed by atoms with Gasteiger partial charge in [0.2, 0.25) is 0 Å². The molecule has 1 aromatic heterocycles. The summed E-state index contributed by atoms with van der Waals surface area (Å²) in [5, 5.41) is 15.4. The predicted octanol–water partition coefficient (Wildman–Crippen LogP) is 6.07. The lowest BCUT2D eigenvalue weighted by molar-refractivity contribution is 0.0734. The molecule has 10 heteroatoms. The zero-order valence-electron chi connectivity index (χ0n) is 24.6. The number of rotatable bonds is 7. The maximum atomic E-state index is 13.8. The molecule has 1 fully saturated rings. The van der Waals surface area contributed by atoms with Crippen molar-refractivity contribution in [3.05, 3.63) is 111 Å². The van der Waals surface area contributed by atoms with E-state index in [1.54, 1.807) is 29.2 Å². The maximum Gasteiger partial charge on any atom is 0.254 e. The van der Waals surface area contributed by atoms with Crippen molar-refractivity contribution in [2.75, 3.05) is 12.8 Å². The largest absolute Gasteiger partial charge is 0.510 e. The Morgan fingerprint density at radius 1 is 1.09 bits per heavy atom. The molecule has 2 heterocycles. The smallest absolute Gasteiger partial charge is 0.254 e. The van der Waals surface area contributed by atoms with Crippen LogP contribution < -0.4 is 5.32 Å². The van der Waals surface area contributed by atoms with Crippen molar-refractivity contribution in [1.29, 1.82) is 0 Å². The molecular weight excluding hydrogens is 598 g/mol. The molecule has 228 valence electrons. The number of carbonyl (C=O) groups is 2. The summed E-state index contributed by atoms with van der Waals surface area (Å²) in [4.78, 5) is 32.3. The van der Waals surface area contributed by atoms with Gasteiger partial charge in [0.25, 0.3) is 11.8 Å². The van der Waals surface area contributed by atoms with Crippen molar-refractivity contribution in [3.8, 4) is 0 Å². The van der Waals surface area contributed by atoms with Crippen molar-refractivity contribution in [2.24, 2.45) is 0 Å². The Morgan fingerprint density at radius 3 is 2.61 bits per heavy atom. The molecule has 1 saturated carbocycles. The van der Waals surface area contributed by atoms with Crippen molar-refractivity contribution in [1.82, 2.24) is 15.2 Å². The third-order valence-electron chi connectivity index (χ3n) is 8.79. The summed E-state index contributed by atoms with van der Waals surface area (Å²) in [6.45, 7) is 2.75. The van der Waals surface area contributed by atoms with E-state index in [2.05, 4.69) is 10.3 Å². The van der Waals surface area contributed by atoms with Crippen LogP contribution in [0.1, 0.15) is 62.2 Å². The number of nitrogens with one attached hydrogen (secondary N) is 2. The normalized spacial score (nSPS) is 15.4. The number of allylic oxidation sites excluding steroid dienone is 1. The van der Waals surface area contributed by atoms with E-state index in [0.29, 0.717) is 36.2 Å². The molecule has 2 amide bonds. The molecule has 8 nitrogen and oxygen atoms in total. The lowest BCUT2D eigenvalue weighted by Crippen LogP contribution is -2.40. The first-order chi connectivity index (χ1) is 21.0. The van der Waals surface area contributed by atoms with Gasteiger partial charge in [0.05, 0.1) is 21.5 Å². The van der Waals surface area contributed by atoms with Crippen LogP contribution in [0.4, 0.5) is 0 Å². The number of fused-ring (bicyclic) bond motifs is 2. The molecule has 1 aliphatic carbocycles. The molecule has 6 rings (SSSR count). The SMILES string of the molecule is Cc1c2c(cc(Cl)c1C(=O)NC(Cc1cccc(S(C)(=O)=O)c1)C(O)=C1CCC1)CN(C(=O)c1ccc3cc[nH]c3c1)CC2. The summed E-state index contributed by atoms with van der Waals surface area (Å²) in [5.74, 6) is -0.360. The molecule has 4 aromatic rings. The Morgan fingerprint density at radius 2 is 1.89 bits per heavy atom. The topological polar surface area (TPSA) is 120 Å². The zero-order valence-corrected chi connectivity index (χ0v) is 26.2. The van der Waals surface area contributed by atoms with Crippen molar-refractivity contribution >= 4 is 44.2 Å². The number of hydrogen-bond donors (Lipinski definition) is 3. The summed E-state index contributed by atoms with van der Waals surface area (Å²) in [5.41, 5.74) is 6.06. The maximum absolute atomic E-state index is 13.8. The number of H-pyrrole nitrogens is 1. The van der Waals surface area contributed by atoms with Gasteiger partial charge in [-0.15, -0.1) is 0 Å². The monoisotopic (exact) mass is 631 g/mol. The lowest BCUT2D eigenvalue weighted by atomic mass is 9.87. The number of aromatic nitrogens is 1. The predicted molar refractivity (Wildman–Crippen MR) is 171 cm³/mol. The van der Waals surface area contributed by atoms with Crippen LogP contribution in [0.15, 0.2) is 77.0 Å². The van der Waals surface area contributed by atoms with Gasteiger partial charge in [0.15, 0.2) is 9.84 Å². The molecule has 44 heavy (non-hydrogen) atoms. The quantitative estimate of drug-likeness (QED) is 0.214. The van der Waals surface area contributed by atoms with Crippen LogP contribution in [0, 0.1) is 6.92 Å². The van der Waals surface area contributed by atoms with E-state index in [0.717, 1.165) is 58.7 Å². The number of amides is 2. The second-order valence-electron chi connectivity index (χ2n) is 11.7. The molecule has 3 N–H and O–H groups in total. The number of nitrogens with zero attached hydrogens (tertiary/aromatic N) is 1. The average Bonchev–Trinajstić information content (AvgIpc) is 3.43. The molecule has 1 unspecified atom stereocenters. The fourth-order valence-electron chi connectivity index (χ4n) is 6.16. The standard InChI is InChI=1S/C34H34ClN3O5S/c1-20-27-12-14-38(34(41)24-10-9-22-11-13-36-29(22)18-24)19-25(27)17-28(35)31(20)33(40)37-30(32(39)23-6-4-7-23)16-21-5-3-8-26(15-21)44(2,42)43/h3,5,8-11,13,15,17-18,30,36,39H,4,6-7,12,14,16,19H2,1-2H3,(H,37,40). The molecule has 0 spiro atoms. The van der Waals surface area contributed by atoms with Gasteiger partial charge in [-0.05, 0) is 109 Å². The molecule has 0 saturated heterocycles. The summed E-state index contributed by atoms with van der Waals surface area (Å²) in [6, 6.07) is 15.2. The van der Waals surface area contributed by atoms with E-state index < -0.39 is 21.8 Å². The number of aliphatic hydroxyl groups excluding tert-OH is 1. The molecule has 0 radical (unpaired) electrons. The van der Waals surface area contributed by atoms with E-state index in [9.17, 15) is 23.1 Å². The van der Waals surface area contributed by atoms with Crippen LogP contribution >= 0.6 is 11.6 Å². The first-order valence-corrected chi connectivity index (χ1v) is 16.9. The third kappa shape index (κ3) is 5.86. The van der Waals surface area contributed by atoms with Gasteiger partial charge in [-0.2, -0.15) is 0 Å². The second kappa shape index (κ2) is 11.8. The number of benzene rings is 3. The number of sulfone groups is 1. The number of carbonyl (C=O) groups excluding carboxylic acids is 2. The highest BCUT2D eigenvalue weighted by Crippen LogP contribution is 2.33. The number of aromatic amines is 1. The Balaban J connectivity index is 1.24. The first-order valence-electron chi connectivity index (χ1n) is 14.7. The van der Waals surface area contributed by atoms with Gasteiger partial charge in [-0.3, -0.25) is 9.59 Å². The van der Waals surface area contributed by atoms with Gasteiger partial charge in [0.1, 0.15) is 5.76 Å². The molecule has 1 atom stereocenters. The average molecular weight is 632 g/mol.